The Morgan fingerprint density at radius 1 is 1.10 bits per heavy atom. The summed E-state index contributed by atoms with van der Waals surface area (Å²) in [5.74, 6) is -0.943. The van der Waals surface area contributed by atoms with Crippen molar-refractivity contribution in [1.82, 2.24) is 9.62 Å². The van der Waals surface area contributed by atoms with Crippen LogP contribution in [0.25, 0.3) is 11.1 Å². The first kappa shape index (κ1) is 21.3. The lowest BCUT2D eigenvalue weighted by molar-refractivity contribution is -0.137. The summed E-state index contributed by atoms with van der Waals surface area (Å²) in [5.41, 5.74) is 0.235. The number of nitrogens with zero attached hydrogens (tertiary/aromatic N) is 1. The number of rotatable bonds is 3. The number of carbonyl (C=O) groups excluding carboxylic acids is 2. The zero-order chi connectivity index (χ0) is 22.6. The molecule has 2 atom stereocenters. The first-order chi connectivity index (χ1) is 14.4. The minimum absolute atomic E-state index is 0.0111. The Kier molecular flexibility index (Phi) is 5.05. The Morgan fingerprint density at radius 3 is 2.48 bits per heavy atom. The molecule has 0 saturated carbocycles. The molecule has 1 saturated heterocycles. The van der Waals surface area contributed by atoms with Crippen LogP contribution in [-0.4, -0.2) is 50.0 Å². The molecule has 4 rings (SSSR count). The molecule has 0 aliphatic carbocycles. The van der Waals surface area contributed by atoms with Crippen LogP contribution in [0.15, 0.2) is 42.5 Å². The Hall–Kier alpha value is -2.92. The molecule has 2 aromatic rings. The molecular weight excluding hydrogens is 435 g/mol. The van der Waals surface area contributed by atoms with Crippen molar-refractivity contribution < 1.29 is 31.2 Å². The molecule has 2 aromatic carbocycles. The average Bonchev–Trinajstić information content (AvgIpc) is 3.05. The molecule has 2 aliphatic rings. The SMILES string of the molecule is CS(=O)(=O)N[C@H]1C[C@H]2C(=O)Nc3ccc(-c4cccc(C(F)(F)F)c4)cc3C(=O)N2C1. The molecule has 2 N–H and O–H groups in total. The van der Waals surface area contributed by atoms with Gasteiger partial charge < -0.3 is 10.2 Å². The fraction of sp³-hybridized carbons (Fsp3) is 0.300. The van der Waals surface area contributed by atoms with Crippen LogP contribution >= 0.6 is 0 Å². The average molecular weight is 453 g/mol. The zero-order valence-corrected chi connectivity index (χ0v) is 17.0. The van der Waals surface area contributed by atoms with Crippen molar-refractivity contribution in [3.8, 4) is 11.1 Å². The van der Waals surface area contributed by atoms with Crippen LogP contribution in [0.2, 0.25) is 0 Å². The standard InChI is InChI=1S/C20H18F3N3O4S/c1-31(29,30)25-14-9-17-18(27)24-16-6-5-12(8-15(16)19(28)26(17)10-14)11-3-2-4-13(7-11)20(21,22)23/h2-8,14,17,25H,9-10H2,1H3,(H,24,27)/t14-,17-/m0/s1. The fourth-order valence-corrected chi connectivity index (χ4v) is 4.73. The van der Waals surface area contributed by atoms with Crippen LogP contribution in [0.4, 0.5) is 18.9 Å². The van der Waals surface area contributed by atoms with E-state index in [9.17, 15) is 31.2 Å². The predicted octanol–water partition coefficient (Wildman–Crippen LogP) is 2.46. The van der Waals surface area contributed by atoms with E-state index in [0.29, 0.717) is 5.56 Å². The summed E-state index contributed by atoms with van der Waals surface area (Å²) in [5, 5.41) is 2.66. The van der Waals surface area contributed by atoms with Crippen molar-refractivity contribution >= 4 is 27.5 Å². The molecule has 164 valence electrons. The quantitative estimate of drug-likeness (QED) is 0.747. The van der Waals surface area contributed by atoms with E-state index >= 15 is 0 Å². The molecule has 0 radical (unpaired) electrons. The highest BCUT2D eigenvalue weighted by Gasteiger charge is 2.43. The van der Waals surface area contributed by atoms with Gasteiger partial charge in [0.05, 0.1) is 23.1 Å². The lowest BCUT2D eigenvalue weighted by Gasteiger charge is -2.20. The highest BCUT2D eigenvalue weighted by Crippen LogP contribution is 2.35. The summed E-state index contributed by atoms with van der Waals surface area (Å²) in [6.07, 6.45) is -3.38. The van der Waals surface area contributed by atoms with Gasteiger partial charge in [0, 0.05) is 12.6 Å². The molecule has 2 heterocycles. The van der Waals surface area contributed by atoms with Gasteiger partial charge in [-0.1, -0.05) is 18.2 Å². The van der Waals surface area contributed by atoms with Crippen LogP contribution in [0.5, 0.6) is 0 Å². The molecule has 1 fully saturated rings. The largest absolute Gasteiger partial charge is 0.416 e. The molecular formula is C20H18F3N3O4S. The monoisotopic (exact) mass is 453 g/mol. The Balaban J connectivity index is 1.69. The van der Waals surface area contributed by atoms with E-state index in [1.807, 2.05) is 0 Å². The Labute approximate surface area is 176 Å². The molecule has 0 aromatic heterocycles. The van der Waals surface area contributed by atoms with E-state index < -0.39 is 45.7 Å². The maximum absolute atomic E-state index is 13.2. The fourth-order valence-electron chi connectivity index (χ4n) is 3.95. The summed E-state index contributed by atoms with van der Waals surface area (Å²) in [6, 6.07) is 7.73. The number of amides is 2. The van der Waals surface area contributed by atoms with E-state index in [-0.39, 0.29) is 29.8 Å². The van der Waals surface area contributed by atoms with Crippen molar-refractivity contribution in [1.29, 1.82) is 0 Å². The normalized spacial score (nSPS) is 21.4. The number of hydrogen-bond acceptors (Lipinski definition) is 4. The topological polar surface area (TPSA) is 95.6 Å². The van der Waals surface area contributed by atoms with Gasteiger partial charge in [-0.2, -0.15) is 13.2 Å². The summed E-state index contributed by atoms with van der Waals surface area (Å²) in [6.45, 7) is 0.0111. The molecule has 2 amide bonds. The number of alkyl halides is 3. The number of hydrogen-bond donors (Lipinski definition) is 2. The molecule has 0 unspecified atom stereocenters. The van der Waals surface area contributed by atoms with Crippen molar-refractivity contribution in [2.24, 2.45) is 0 Å². The lowest BCUT2D eigenvalue weighted by atomic mass is 9.99. The number of fused-ring (bicyclic) bond motifs is 2. The summed E-state index contributed by atoms with van der Waals surface area (Å²) in [4.78, 5) is 27.1. The third kappa shape index (κ3) is 4.28. The summed E-state index contributed by atoms with van der Waals surface area (Å²) < 4.78 is 64.6. The zero-order valence-electron chi connectivity index (χ0n) is 16.2. The molecule has 2 aliphatic heterocycles. The van der Waals surface area contributed by atoms with E-state index in [1.54, 1.807) is 0 Å². The van der Waals surface area contributed by atoms with Gasteiger partial charge in [0.1, 0.15) is 6.04 Å². The number of nitrogens with one attached hydrogen (secondary N) is 2. The Bertz CT molecular complexity index is 1180. The predicted molar refractivity (Wildman–Crippen MR) is 107 cm³/mol. The second kappa shape index (κ2) is 7.34. The summed E-state index contributed by atoms with van der Waals surface area (Å²) in [7, 11) is -3.53. The van der Waals surface area contributed by atoms with E-state index in [1.165, 1.54) is 35.2 Å². The van der Waals surface area contributed by atoms with Gasteiger partial charge in [0.25, 0.3) is 5.91 Å². The van der Waals surface area contributed by atoms with Crippen molar-refractivity contribution in [2.45, 2.75) is 24.7 Å². The number of halogens is 3. The van der Waals surface area contributed by atoms with E-state index in [2.05, 4.69) is 10.0 Å². The summed E-state index contributed by atoms with van der Waals surface area (Å²) >= 11 is 0. The van der Waals surface area contributed by atoms with Gasteiger partial charge in [-0.25, -0.2) is 13.1 Å². The number of carbonyl (C=O) groups is 2. The molecule has 0 bridgehead atoms. The molecule has 0 spiro atoms. The number of benzene rings is 2. The highest BCUT2D eigenvalue weighted by molar-refractivity contribution is 7.88. The third-order valence-electron chi connectivity index (χ3n) is 5.28. The van der Waals surface area contributed by atoms with Gasteiger partial charge in [-0.15, -0.1) is 0 Å². The van der Waals surface area contributed by atoms with Gasteiger partial charge in [-0.3, -0.25) is 9.59 Å². The second-order valence-electron chi connectivity index (χ2n) is 7.62. The minimum atomic E-state index is -4.50. The number of anilines is 1. The van der Waals surface area contributed by atoms with Crippen LogP contribution in [0, 0.1) is 0 Å². The van der Waals surface area contributed by atoms with Crippen molar-refractivity contribution in [3.63, 3.8) is 0 Å². The van der Waals surface area contributed by atoms with E-state index in [4.69, 9.17) is 0 Å². The maximum atomic E-state index is 13.2. The smallest absolute Gasteiger partial charge is 0.325 e. The van der Waals surface area contributed by atoms with Crippen LogP contribution in [-0.2, 0) is 21.0 Å². The van der Waals surface area contributed by atoms with Gasteiger partial charge >= 0.3 is 6.18 Å². The Morgan fingerprint density at radius 2 is 1.81 bits per heavy atom. The first-order valence-electron chi connectivity index (χ1n) is 9.33. The van der Waals surface area contributed by atoms with Crippen LogP contribution < -0.4 is 10.0 Å². The molecule has 31 heavy (non-hydrogen) atoms. The minimum Gasteiger partial charge on any atom is -0.325 e. The van der Waals surface area contributed by atoms with Crippen LogP contribution in [0.1, 0.15) is 22.3 Å². The third-order valence-corrected chi connectivity index (χ3v) is 6.04. The number of sulfonamides is 1. The van der Waals surface area contributed by atoms with E-state index in [0.717, 1.165) is 18.4 Å². The maximum Gasteiger partial charge on any atom is 0.416 e. The van der Waals surface area contributed by atoms with Gasteiger partial charge in [-0.05, 0) is 41.8 Å². The lowest BCUT2D eigenvalue weighted by Crippen LogP contribution is -2.41. The second-order valence-corrected chi connectivity index (χ2v) is 9.40. The molecule has 7 nitrogen and oxygen atoms in total. The van der Waals surface area contributed by atoms with Crippen LogP contribution in [0.3, 0.4) is 0 Å². The van der Waals surface area contributed by atoms with Crippen molar-refractivity contribution in [2.75, 3.05) is 18.1 Å². The first-order valence-corrected chi connectivity index (χ1v) is 11.2. The van der Waals surface area contributed by atoms with Crippen molar-refractivity contribution in [3.05, 3.63) is 53.6 Å². The highest BCUT2D eigenvalue weighted by atomic mass is 32.2. The molecule has 11 heteroatoms. The van der Waals surface area contributed by atoms with Gasteiger partial charge in [0.2, 0.25) is 15.9 Å². The van der Waals surface area contributed by atoms with Gasteiger partial charge in [0.15, 0.2) is 0 Å².